The summed E-state index contributed by atoms with van der Waals surface area (Å²) in [7, 11) is 1.65. The van der Waals surface area contributed by atoms with Gasteiger partial charge in [-0.25, -0.2) is 14.8 Å². The van der Waals surface area contributed by atoms with Crippen LogP contribution in [0.3, 0.4) is 0 Å². The molecular weight excluding hydrogens is 452 g/mol. The highest BCUT2D eigenvalue weighted by Crippen LogP contribution is 2.35. The third-order valence-electron chi connectivity index (χ3n) is 5.96. The first kappa shape index (κ1) is 25.1. The number of nitrogens with zero attached hydrogens (tertiary/aromatic N) is 3. The second-order valence-electron chi connectivity index (χ2n) is 9.08. The number of aromatic nitrogens is 3. The van der Waals surface area contributed by atoms with Crippen LogP contribution in [0.1, 0.15) is 50.3 Å². The van der Waals surface area contributed by atoms with Crippen molar-refractivity contribution in [3.8, 4) is 16.9 Å². The molecule has 2 heterocycles. The first-order valence-corrected chi connectivity index (χ1v) is 12.2. The van der Waals surface area contributed by atoms with Crippen molar-refractivity contribution in [2.75, 3.05) is 7.11 Å². The largest absolute Gasteiger partial charge is 0.496 e. The predicted molar refractivity (Wildman–Crippen MR) is 141 cm³/mol. The quantitative estimate of drug-likeness (QED) is 0.301. The van der Waals surface area contributed by atoms with Crippen molar-refractivity contribution < 1.29 is 14.3 Å². The molecule has 1 atom stereocenters. The summed E-state index contributed by atoms with van der Waals surface area (Å²) in [5, 5.41) is 3.95. The molecule has 0 aliphatic rings. The third-order valence-corrected chi connectivity index (χ3v) is 5.96. The van der Waals surface area contributed by atoms with Crippen LogP contribution >= 0.6 is 0 Å². The Hall–Kier alpha value is -4.00. The maximum absolute atomic E-state index is 12.7. The number of fused-ring (bicyclic) bond motifs is 1. The van der Waals surface area contributed by atoms with Crippen LogP contribution in [0, 0.1) is 5.92 Å². The minimum absolute atomic E-state index is 0.203. The number of amides is 1. The van der Waals surface area contributed by atoms with Gasteiger partial charge in [0.2, 0.25) is 0 Å². The number of hydrogen-bond donors (Lipinski definition) is 1. The van der Waals surface area contributed by atoms with Crippen molar-refractivity contribution in [2.45, 2.75) is 46.3 Å². The van der Waals surface area contributed by atoms with E-state index in [1.54, 1.807) is 19.5 Å². The summed E-state index contributed by atoms with van der Waals surface area (Å²) in [4.78, 5) is 26.6. The average Bonchev–Trinajstić information content (AvgIpc) is 2.91. The molecule has 0 fully saturated rings. The number of alkyl carbamates (subject to hydrolysis) is 1. The Kier molecular flexibility index (Phi) is 8.10. The average molecular weight is 485 g/mol. The molecule has 186 valence electrons. The SMILES string of the molecule is CCc1nc(C(CC(C)C)NC(=O)OCc2ccccc2)nc2cc(OC)c(-c3ccncc3)cc12. The highest BCUT2D eigenvalue weighted by Gasteiger charge is 2.22. The lowest BCUT2D eigenvalue weighted by atomic mass is 10.00. The van der Waals surface area contributed by atoms with Gasteiger partial charge in [0.05, 0.1) is 24.4 Å². The van der Waals surface area contributed by atoms with Gasteiger partial charge >= 0.3 is 6.09 Å². The summed E-state index contributed by atoms with van der Waals surface area (Å²) in [6, 6.07) is 17.2. The van der Waals surface area contributed by atoms with Gasteiger partial charge in [-0.1, -0.05) is 51.1 Å². The zero-order chi connectivity index (χ0) is 25.5. The topological polar surface area (TPSA) is 86.2 Å². The second-order valence-corrected chi connectivity index (χ2v) is 9.08. The van der Waals surface area contributed by atoms with Crippen molar-refractivity contribution in [3.05, 3.63) is 84.1 Å². The number of carbonyl (C=O) groups excluding carboxylic acids is 1. The summed E-state index contributed by atoms with van der Waals surface area (Å²) in [6.07, 6.45) is 4.44. The van der Waals surface area contributed by atoms with E-state index < -0.39 is 6.09 Å². The number of pyridine rings is 1. The number of hydrogen-bond acceptors (Lipinski definition) is 6. The summed E-state index contributed by atoms with van der Waals surface area (Å²) < 4.78 is 11.2. The van der Waals surface area contributed by atoms with Gasteiger partial charge in [0, 0.05) is 29.4 Å². The van der Waals surface area contributed by atoms with E-state index in [9.17, 15) is 4.79 Å². The van der Waals surface area contributed by atoms with E-state index in [0.29, 0.717) is 18.2 Å². The van der Waals surface area contributed by atoms with Crippen LogP contribution in [0.25, 0.3) is 22.0 Å². The van der Waals surface area contributed by atoms with E-state index in [2.05, 4.69) is 37.1 Å². The molecule has 7 nitrogen and oxygen atoms in total. The molecule has 0 saturated carbocycles. The zero-order valence-electron chi connectivity index (χ0n) is 21.2. The van der Waals surface area contributed by atoms with E-state index in [-0.39, 0.29) is 12.6 Å². The minimum Gasteiger partial charge on any atom is -0.496 e. The number of ether oxygens (including phenoxy) is 2. The van der Waals surface area contributed by atoms with E-state index in [0.717, 1.165) is 45.5 Å². The molecule has 1 unspecified atom stereocenters. The zero-order valence-corrected chi connectivity index (χ0v) is 21.2. The maximum atomic E-state index is 12.7. The van der Waals surface area contributed by atoms with Gasteiger partial charge < -0.3 is 14.8 Å². The summed E-state index contributed by atoms with van der Waals surface area (Å²) >= 11 is 0. The highest BCUT2D eigenvalue weighted by atomic mass is 16.5. The Balaban J connectivity index is 1.67. The van der Waals surface area contributed by atoms with Crippen LogP contribution in [-0.2, 0) is 17.8 Å². The van der Waals surface area contributed by atoms with E-state index in [1.807, 2.05) is 48.5 Å². The molecule has 0 saturated heterocycles. The van der Waals surface area contributed by atoms with E-state index in [4.69, 9.17) is 19.4 Å². The van der Waals surface area contributed by atoms with Crippen LogP contribution in [0.15, 0.2) is 67.0 Å². The molecule has 1 N–H and O–H groups in total. The summed E-state index contributed by atoms with van der Waals surface area (Å²) in [6.45, 7) is 6.49. The second kappa shape index (κ2) is 11.6. The van der Waals surface area contributed by atoms with Crippen LogP contribution in [0.5, 0.6) is 5.75 Å². The fourth-order valence-corrected chi connectivity index (χ4v) is 4.20. The lowest BCUT2D eigenvalue weighted by Crippen LogP contribution is -2.31. The van der Waals surface area contributed by atoms with Gasteiger partial charge in [-0.05, 0) is 48.1 Å². The molecule has 2 aromatic carbocycles. The molecule has 4 aromatic rings. The van der Waals surface area contributed by atoms with Gasteiger partial charge in [0.15, 0.2) is 5.82 Å². The van der Waals surface area contributed by atoms with Gasteiger partial charge in [-0.15, -0.1) is 0 Å². The standard InChI is InChI=1S/C29H32N4O3/c1-5-24-23-16-22(21-11-13-30-14-12-21)27(35-4)17-25(23)32-28(31-24)26(15-19(2)3)33-29(34)36-18-20-9-7-6-8-10-20/h6-14,16-17,19,26H,5,15,18H2,1-4H3,(H,33,34). The van der Waals surface area contributed by atoms with E-state index >= 15 is 0 Å². The van der Waals surface area contributed by atoms with Gasteiger partial charge in [0.1, 0.15) is 12.4 Å². The van der Waals surface area contributed by atoms with Crippen molar-refractivity contribution in [1.29, 1.82) is 0 Å². The Morgan fingerprint density at radius 1 is 1.03 bits per heavy atom. The number of rotatable bonds is 9. The number of aryl methyl sites for hydroxylation is 1. The Morgan fingerprint density at radius 3 is 2.44 bits per heavy atom. The molecule has 0 radical (unpaired) electrons. The van der Waals surface area contributed by atoms with Crippen molar-refractivity contribution >= 4 is 17.0 Å². The molecule has 4 rings (SSSR count). The number of benzene rings is 2. The van der Waals surface area contributed by atoms with Crippen molar-refractivity contribution in [1.82, 2.24) is 20.3 Å². The fraction of sp³-hybridized carbons (Fsp3) is 0.310. The molecule has 0 aliphatic carbocycles. The lowest BCUT2D eigenvalue weighted by Gasteiger charge is -2.21. The molecular formula is C29H32N4O3. The molecule has 1 amide bonds. The first-order valence-electron chi connectivity index (χ1n) is 12.2. The van der Waals surface area contributed by atoms with Crippen LogP contribution in [-0.4, -0.2) is 28.2 Å². The lowest BCUT2D eigenvalue weighted by molar-refractivity contribution is 0.133. The Labute approximate surface area is 211 Å². The molecule has 0 aliphatic heterocycles. The molecule has 0 spiro atoms. The van der Waals surface area contributed by atoms with Crippen molar-refractivity contribution in [2.24, 2.45) is 5.92 Å². The van der Waals surface area contributed by atoms with Gasteiger partial charge in [-0.3, -0.25) is 4.98 Å². The smallest absolute Gasteiger partial charge is 0.408 e. The Bertz CT molecular complexity index is 1310. The molecule has 0 bridgehead atoms. The first-order chi connectivity index (χ1) is 17.5. The number of nitrogens with one attached hydrogen (secondary N) is 1. The number of methoxy groups -OCH3 is 1. The fourth-order valence-electron chi connectivity index (χ4n) is 4.20. The molecule has 7 heteroatoms. The Morgan fingerprint density at radius 2 is 1.78 bits per heavy atom. The normalized spacial score (nSPS) is 11.9. The predicted octanol–water partition coefficient (Wildman–Crippen LogP) is 6.28. The van der Waals surface area contributed by atoms with E-state index in [1.165, 1.54) is 0 Å². The van der Waals surface area contributed by atoms with Crippen molar-refractivity contribution in [3.63, 3.8) is 0 Å². The van der Waals surface area contributed by atoms with Crippen LogP contribution in [0.4, 0.5) is 4.79 Å². The number of carbonyl (C=O) groups is 1. The third kappa shape index (κ3) is 5.97. The summed E-state index contributed by atoms with van der Waals surface area (Å²) in [5.41, 5.74) is 4.59. The van der Waals surface area contributed by atoms with Crippen LogP contribution < -0.4 is 10.1 Å². The van der Waals surface area contributed by atoms with Crippen LogP contribution in [0.2, 0.25) is 0 Å². The van der Waals surface area contributed by atoms with Gasteiger partial charge in [-0.2, -0.15) is 0 Å². The van der Waals surface area contributed by atoms with Gasteiger partial charge in [0.25, 0.3) is 0 Å². The minimum atomic E-state index is -0.489. The molecule has 36 heavy (non-hydrogen) atoms. The monoisotopic (exact) mass is 484 g/mol. The highest BCUT2D eigenvalue weighted by molar-refractivity contribution is 5.90. The molecule has 2 aromatic heterocycles. The maximum Gasteiger partial charge on any atom is 0.408 e. The summed E-state index contributed by atoms with van der Waals surface area (Å²) in [5.74, 6) is 1.61.